The van der Waals surface area contributed by atoms with E-state index in [1.54, 1.807) is 12.1 Å². The predicted octanol–water partition coefficient (Wildman–Crippen LogP) is 2.21. The molecular weight excluding hydrogens is 268 g/mol. The monoisotopic (exact) mass is 278 g/mol. The summed E-state index contributed by atoms with van der Waals surface area (Å²) in [4.78, 5) is 25.9. The summed E-state index contributed by atoms with van der Waals surface area (Å²) >= 11 is 1.25. The number of anilines is 2. The number of thiazole rings is 1. The molecule has 1 aromatic heterocycles. The molecule has 0 aliphatic rings. The van der Waals surface area contributed by atoms with Crippen LogP contribution in [0.1, 0.15) is 15.2 Å². The average molecular weight is 278 g/mol. The van der Waals surface area contributed by atoms with Crippen LogP contribution in [-0.2, 0) is 11.2 Å². The third kappa shape index (κ3) is 3.52. The third-order valence-corrected chi connectivity index (χ3v) is 3.17. The molecule has 2 rings (SSSR count). The largest absolute Gasteiger partial charge is 0.481 e. The molecule has 6 nitrogen and oxygen atoms in total. The SMILES string of the molecule is O=C(O)Cc1cnc(Nc2ccc(C(=O)O)cc2)s1. The lowest BCUT2D eigenvalue weighted by atomic mass is 10.2. The van der Waals surface area contributed by atoms with Crippen molar-refractivity contribution in [2.24, 2.45) is 0 Å². The van der Waals surface area contributed by atoms with Crippen molar-refractivity contribution in [3.63, 3.8) is 0 Å². The first-order valence-electron chi connectivity index (χ1n) is 5.31. The van der Waals surface area contributed by atoms with Crippen LogP contribution in [0.25, 0.3) is 0 Å². The highest BCUT2D eigenvalue weighted by molar-refractivity contribution is 7.15. The molecule has 0 amide bonds. The summed E-state index contributed by atoms with van der Waals surface area (Å²) in [6.07, 6.45) is 1.45. The van der Waals surface area contributed by atoms with Gasteiger partial charge in [-0.15, -0.1) is 11.3 Å². The molecule has 0 aliphatic carbocycles. The Morgan fingerprint density at radius 1 is 1.21 bits per heavy atom. The molecule has 1 aromatic carbocycles. The molecule has 0 fully saturated rings. The van der Waals surface area contributed by atoms with Crippen molar-refractivity contribution >= 4 is 34.1 Å². The lowest BCUT2D eigenvalue weighted by Crippen LogP contribution is -1.97. The van der Waals surface area contributed by atoms with Crippen molar-refractivity contribution in [2.45, 2.75) is 6.42 Å². The Morgan fingerprint density at radius 3 is 2.47 bits per heavy atom. The number of nitrogens with zero attached hydrogens (tertiary/aromatic N) is 1. The molecule has 0 spiro atoms. The van der Waals surface area contributed by atoms with Gasteiger partial charge in [0.25, 0.3) is 0 Å². The highest BCUT2D eigenvalue weighted by atomic mass is 32.1. The van der Waals surface area contributed by atoms with Crippen LogP contribution in [0, 0.1) is 0 Å². The molecule has 0 saturated heterocycles. The van der Waals surface area contributed by atoms with Gasteiger partial charge < -0.3 is 15.5 Å². The highest BCUT2D eigenvalue weighted by Crippen LogP contribution is 2.23. The molecule has 0 radical (unpaired) electrons. The number of rotatable bonds is 5. The molecule has 0 saturated carbocycles. The fourth-order valence-electron chi connectivity index (χ4n) is 1.42. The molecular formula is C12H10N2O4S. The second kappa shape index (κ2) is 5.49. The third-order valence-electron chi connectivity index (χ3n) is 2.26. The van der Waals surface area contributed by atoms with Crippen LogP contribution < -0.4 is 5.32 Å². The maximum absolute atomic E-state index is 10.7. The molecule has 0 atom stereocenters. The summed E-state index contributed by atoms with van der Waals surface area (Å²) in [7, 11) is 0. The number of nitrogens with one attached hydrogen (secondary N) is 1. The van der Waals surface area contributed by atoms with Crippen LogP contribution in [0.15, 0.2) is 30.5 Å². The maximum atomic E-state index is 10.7. The quantitative estimate of drug-likeness (QED) is 0.775. The highest BCUT2D eigenvalue weighted by Gasteiger charge is 2.07. The number of aromatic carboxylic acids is 1. The standard InChI is InChI=1S/C12H10N2O4S/c15-10(16)5-9-6-13-12(19-9)14-8-3-1-7(2-4-8)11(17)18/h1-4,6H,5H2,(H,13,14)(H,15,16)(H,17,18). The lowest BCUT2D eigenvalue weighted by Gasteiger charge is -2.02. The Hall–Kier alpha value is -2.41. The molecule has 19 heavy (non-hydrogen) atoms. The smallest absolute Gasteiger partial charge is 0.335 e. The molecule has 3 N–H and O–H groups in total. The molecule has 0 unspecified atom stereocenters. The Morgan fingerprint density at radius 2 is 1.89 bits per heavy atom. The number of benzene rings is 1. The summed E-state index contributed by atoms with van der Waals surface area (Å²) < 4.78 is 0. The van der Waals surface area contributed by atoms with Gasteiger partial charge in [0, 0.05) is 16.8 Å². The van der Waals surface area contributed by atoms with E-state index in [4.69, 9.17) is 10.2 Å². The van der Waals surface area contributed by atoms with Gasteiger partial charge in [-0.1, -0.05) is 0 Å². The summed E-state index contributed by atoms with van der Waals surface area (Å²) in [5.74, 6) is -1.88. The van der Waals surface area contributed by atoms with E-state index in [1.165, 1.54) is 29.7 Å². The fraction of sp³-hybridized carbons (Fsp3) is 0.0833. The molecule has 0 bridgehead atoms. The minimum absolute atomic E-state index is 0.0582. The van der Waals surface area contributed by atoms with Gasteiger partial charge in [-0.05, 0) is 24.3 Å². The Kier molecular flexibility index (Phi) is 3.76. The molecule has 2 aromatic rings. The van der Waals surface area contributed by atoms with E-state index in [0.29, 0.717) is 15.7 Å². The minimum Gasteiger partial charge on any atom is -0.481 e. The first kappa shape index (κ1) is 13.0. The number of aliphatic carboxylic acids is 1. The van der Waals surface area contributed by atoms with E-state index in [9.17, 15) is 9.59 Å². The van der Waals surface area contributed by atoms with Crippen molar-refractivity contribution in [3.05, 3.63) is 40.9 Å². The van der Waals surface area contributed by atoms with Crippen molar-refractivity contribution < 1.29 is 19.8 Å². The zero-order chi connectivity index (χ0) is 13.8. The molecule has 1 heterocycles. The van der Waals surface area contributed by atoms with E-state index >= 15 is 0 Å². The number of carbonyl (C=O) groups is 2. The Balaban J connectivity index is 2.06. The van der Waals surface area contributed by atoms with E-state index in [0.717, 1.165) is 0 Å². The van der Waals surface area contributed by atoms with E-state index in [2.05, 4.69) is 10.3 Å². The van der Waals surface area contributed by atoms with Gasteiger partial charge in [0.1, 0.15) is 0 Å². The van der Waals surface area contributed by atoms with E-state index in [-0.39, 0.29) is 12.0 Å². The first-order valence-corrected chi connectivity index (χ1v) is 6.13. The summed E-state index contributed by atoms with van der Waals surface area (Å²) in [6.45, 7) is 0. The van der Waals surface area contributed by atoms with Gasteiger partial charge in [0.15, 0.2) is 5.13 Å². The number of aromatic nitrogens is 1. The van der Waals surface area contributed by atoms with Gasteiger partial charge in [-0.3, -0.25) is 4.79 Å². The first-order chi connectivity index (χ1) is 9.04. The van der Waals surface area contributed by atoms with E-state index in [1.807, 2.05) is 0 Å². The van der Waals surface area contributed by atoms with Crippen molar-refractivity contribution in [1.29, 1.82) is 0 Å². The molecule has 0 aliphatic heterocycles. The zero-order valence-electron chi connectivity index (χ0n) is 9.66. The van der Waals surface area contributed by atoms with Crippen molar-refractivity contribution in [1.82, 2.24) is 4.98 Å². The lowest BCUT2D eigenvalue weighted by molar-refractivity contribution is -0.136. The van der Waals surface area contributed by atoms with E-state index < -0.39 is 11.9 Å². The van der Waals surface area contributed by atoms with Crippen LogP contribution in [0.3, 0.4) is 0 Å². The second-order valence-electron chi connectivity index (χ2n) is 3.71. The maximum Gasteiger partial charge on any atom is 0.335 e. The molecule has 98 valence electrons. The van der Waals surface area contributed by atoms with Gasteiger partial charge in [-0.25, -0.2) is 9.78 Å². The minimum atomic E-state index is -0.982. The topological polar surface area (TPSA) is 99.5 Å². The summed E-state index contributed by atoms with van der Waals surface area (Å²) in [6, 6.07) is 6.22. The van der Waals surface area contributed by atoms with Gasteiger partial charge in [0.2, 0.25) is 0 Å². The van der Waals surface area contributed by atoms with Gasteiger partial charge >= 0.3 is 11.9 Å². The zero-order valence-corrected chi connectivity index (χ0v) is 10.5. The Labute approximate surface area is 112 Å². The van der Waals surface area contributed by atoms with Crippen LogP contribution in [-0.4, -0.2) is 27.1 Å². The molecule has 7 heteroatoms. The average Bonchev–Trinajstić information content (AvgIpc) is 2.76. The fourth-order valence-corrected chi connectivity index (χ4v) is 2.24. The predicted molar refractivity (Wildman–Crippen MR) is 70.1 cm³/mol. The van der Waals surface area contributed by atoms with Gasteiger partial charge in [0.05, 0.1) is 12.0 Å². The number of carboxylic acids is 2. The van der Waals surface area contributed by atoms with Crippen molar-refractivity contribution in [2.75, 3.05) is 5.32 Å². The number of hydrogen-bond acceptors (Lipinski definition) is 5. The number of carboxylic acid groups (broad SMARTS) is 2. The summed E-state index contributed by atoms with van der Waals surface area (Å²) in [5.41, 5.74) is 0.900. The van der Waals surface area contributed by atoms with Crippen LogP contribution in [0.5, 0.6) is 0 Å². The van der Waals surface area contributed by atoms with Crippen molar-refractivity contribution in [3.8, 4) is 0 Å². The van der Waals surface area contributed by atoms with Crippen LogP contribution in [0.2, 0.25) is 0 Å². The number of hydrogen-bond donors (Lipinski definition) is 3. The van der Waals surface area contributed by atoms with Crippen LogP contribution in [0.4, 0.5) is 10.8 Å². The van der Waals surface area contributed by atoms with Crippen LogP contribution >= 0.6 is 11.3 Å². The van der Waals surface area contributed by atoms with Gasteiger partial charge in [-0.2, -0.15) is 0 Å². The Bertz CT molecular complexity index is 606. The normalized spacial score (nSPS) is 10.1. The summed E-state index contributed by atoms with van der Waals surface area (Å²) in [5, 5.41) is 21.0. The second-order valence-corrected chi connectivity index (χ2v) is 4.82.